The molecular weight excluding hydrogens is 330 g/mol. The maximum atomic E-state index is 13.3. The average molecular weight is 356 g/mol. The molecule has 2 aromatic carbocycles. The Labute approximate surface area is 152 Å². The highest BCUT2D eigenvalue weighted by molar-refractivity contribution is 7.24. The lowest BCUT2D eigenvalue weighted by atomic mass is 10.1. The average Bonchev–Trinajstić information content (AvgIpc) is 2.65. The Kier molecular flexibility index (Phi) is 5.37. The lowest BCUT2D eigenvalue weighted by molar-refractivity contribution is 0.280. The molecule has 0 saturated heterocycles. The first-order chi connectivity index (χ1) is 12.2. The molecule has 132 valence electrons. The number of hydrogen-bond acceptors (Lipinski definition) is 5. The fraction of sp³-hybridized carbons (Fsp3) is 0.350. The van der Waals surface area contributed by atoms with Crippen LogP contribution in [0.15, 0.2) is 41.2 Å². The van der Waals surface area contributed by atoms with Crippen LogP contribution >= 0.6 is 11.3 Å². The van der Waals surface area contributed by atoms with Crippen LogP contribution in [-0.2, 0) is 6.54 Å². The van der Waals surface area contributed by atoms with E-state index < -0.39 is 0 Å². The van der Waals surface area contributed by atoms with Gasteiger partial charge in [0.05, 0.1) is 11.1 Å². The van der Waals surface area contributed by atoms with E-state index in [1.165, 1.54) is 0 Å². The van der Waals surface area contributed by atoms with Crippen LogP contribution in [0.25, 0.3) is 20.2 Å². The van der Waals surface area contributed by atoms with Crippen LogP contribution in [0.5, 0.6) is 0 Å². The monoisotopic (exact) mass is 355 g/mol. The molecule has 0 saturated carbocycles. The van der Waals surface area contributed by atoms with Crippen LogP contribution in [0, 0.1) is 0 Å². The summed E-state index contributed by atoms with van der Waals surface area (Å²) in [4.78, 5) is 13.3. The summed E-state index contributed by atoms with van der Waals surface area (Å²) >= 11 is 1.66. The second-order valence-electron chi connectivity index (χ2n) is 5.93. The Morgan fingerprint density at radius 1 is 1.00 bits per heavy atom. The van der Waals surface area contributed by atoms with Crippen molar-refractivity contribution in [2.45, 2.75) is 27.3 Å². The number of nitrogens with zero attached hydrogens (tertiary/aromatic N) is 2. The maximum absolute atomic E-state index is 13.3. The zero-order valence-electron chi connectivity index (χ0n) is 15.1. The van der Waals surface area contributed by atoms with Gasteiger partial charge < -0.3 is 10.7 Å². The number of hydrogen-bond donors (Lipinski definition) is 1. The summed E-state index contributed by atoms with van der Waals surface area (Å²) in [6.45, 7) is 9.44. The molecule has 0 radical (unpaired) electrons. The lowest BCUT2D eigenvalue weighted by Gasteiger charge is -2.35. The van der Waals surface area contributed by atoms with E-state index in [1.807, 2.05) is 24.3 Å². The van der Waals surface area contributed by atoms with Gasteiger partial charge in [0.15, 0.2) is 5.43 Å². The summed E-state index contributed by atoms with van der Waals surface area (Å²) in [6.07, 6.45) is 0. The molecule has 25 heavy (non-hydrogen) atoms. The highest BCUT2D eigenvalue weighted by atomic mass is 32.1. The van der Waals surface area contributed by atoms with Gasteiger partial charge in [0, 0.05) is 41.0 Å². The highest BCUT2D eigenvalue weighted by Crippen LogP contribution is 2.34. The molecule has 1 aromatic heterocycles. The van der Waals surface area contributed by atoms with E-state index >= 15 is 0 Å². The fourth-order valence-electron chi connectivity index (χ4n) is 3.40. The van der Waals surface area contributed by atoms with Crippen LogP contribution in [-0.4, -0.2) is 24.6 Å². The Morgan fingerprint density at radius 3 is 2.36 bits per heavy atom. The van der Waals surface area contributed by atoms with Crippen LogP contribution in [0.2, 0.25) is 0 Å². The number of fused-ring (bicyclic) bond motifs is 2. The van der Waals surface area contributed by atoms with Gasteiger partial charge in [-0.25, -0.2) is 5.01 Å². The minimum Gasteiger partial charge on any atom is -0.326 e. The second kappa shape index (κ2) is 7.52. The molecule has 0 aliphatic rings. The Bertz CT molecular complexity index is 947. The smallest absolute Gasteiger partial charge is 0.198 e. The van der Waals surface area contributed by atoms with Gasteiger partial charge in [-0.3, -0.25) is 4.79 Å². The van der Waals surface area contributed by atoms with Crippen molar-refractivity contribution < 1.29 is 0 Å². The molecule has 2 N–H and O–H groups in total. The van der Waals surface area contributed by atoms with Gasteiger partial charge in [-0.05, 0) is 30.7 Å². The molecule has 0 bridgehead atoms. The molecule has 4 nitrogen and oxygen atoms in total. The quantitative estimate of drug-likeness (QED) is 0.537. The van der Waals surface area contributed by atoms with Crippen molar-refractivity contribution in [1.29, 1.82) is 0 Å². The minimum absolute atomic E-state index is 0.0975. The third-order valence-electron chi connectivity index (χ3n) is 4.66. The van der Waals surface area contributed by atoms with Crippen LogP contribution in [0.4, 0.5) is 5.69 Å². The molecule has 0 fully saturated rings. The van der Waals surface area contributed by atoms with E-state index in [1.54, 1.807) is 11.3 Å². The van der Waals surface area contributed by atoms with Gasteiger partial charge in [0.2, 0.25) is 0 Å². The van der Waals surface area contributed by atoms with Gasteiger partial charge in [0.25, 0.3) is 0 Å². The van der Waals surface area contributed by atoms with Crippen molar-refractivity contribution in [3.8, 4) is 0 Å². The molecule has 0 amide bonds. The SMILES string of the molecule is CCN(CC)N(CC)c1ccc(CN)c2sc3ccccc3c(=O)c12. The van der Waals surface area contributed by atoms with Crippen molar-refractivity contribution in [2.75, 3.05) is 24.6 Å². The molecule has 3 rings (SSSR count). The first kappa shape index (κ1) is 17.9. The minimum atomic E-state index is 0.0975. The van der Waals surface area contributed by atoms with E-state index in [4.69, 9.17) is 5.73 Å². The molecule has 1 heterocycles. The van der Waals surface area contributed by atoms with Gasteiger partial charge in [-0.1, -0.05) is 32.0 Å². The Hall–Kier alpha value is -1.95. The van der Waals surface area contributed by atoms with Crippen molar-refractivity contribution in [2.24, 2.45) is 5.73 Å². The third-order valence-corrected chi connectivity index (χ3v) is 5.90. The molecule has 0 unspecified atom stereocenters. The van der Waals surface area contributed by atoms with Gasteiger partial charge in [-0.2, -0.15) is 0 Å². The number of hydrazine groups is 1. The Balaban J connectivity index is 2.40. The van der Waals surface area contributed by atoms with E-state index in [9.17, 15) is 4.79 Å². The summed E-state index contributed by atoms with van der Waals surface area (Å²) in [7, 11) is 0. The van der Waals surface area contributed by atoms with Crippen molar-refractivity contribution >= 4 is 37.2 Å². The van der Waals surface area contributed by atoms with E-state index in [-0.39, 0.29) is 5.43 Å². The normalized spacial score (nSPS) is 11.6. The largest absolute Gasteiger partial charge is 0.326 e. The van der Waals surface area contributed by atoms with Gasteiger partial charge in [-0.15, -0.1) is 11.3 Å². The zero-order valence-corrected chi connectivity index (χ0v) is 15.9. The summed E-state index contributed by atoms with van der Waals surface area (Å²) < 4.78 is 2.02. The number of rotatable bonds is 6. The molecular formula is C20H25N3OS. The lowest BCUT2D eigenvalue weighted by Crippen LogP contribution is -2.43. The topological polar surface area (TPSA) is 49.6 Å². The second-order valence-corrected chi connectivity index (χ2v) is 6.99. The summed E-state index contributed by atoms with van der Waals surface area (Å²) in [6, 6.07) is 11.9. The van der Waals surface area contributed by atoms with Crippen LogP contribution in [0.3, 0.4) is 0 Å². The number of benzene rings is 2. The first-order valence-electron chi connectivity index (χ1n) is 8.86. The van der Waals surface area contributed by atoms with Crippen LogP contribution < -0.4 is 16.2 Å². The zero-order chi connectivity index (χ0) is 18.0. The van der Waals surface area contributed by atoms with Gasteiger partial charge in [0.1, 0.15) is 0 Å². The predicted octanol–water partition coefficient (Wildman–Crippen LogP) is 3.96. The van der Waals surface area contributed by atoms with Crippen molar-refractivity contribution in [1.82, 2.24) is 5.01 Å². The molecule has 0 aliphatic carbocycles. The number of nitrogens with two attached hydrogens (primary N) is 1. The summed E-state index contributed by atoms with van der Waals surface area (Å²) in [5.41, 5.74) is 8.07. The fourth-order valence-corrected chi connectivity index (χ4v) is 4.62. The highest BCUT2D eigenvalue weighted by Gasteiger charge is 2.19. The third kappa shape index (κ3) is 3.03. The maximum Gasteiger partial charge on any atom is 0.198 e. The summed E-state index contributed by atoms with van der Waals surface area (Å²) in [5.74, 6) is 0. The molecule has 0 atom stereocenters. The standard InChI is InChI=1S/C20H25N3OS/c1-4-22(5-2)23(6-3)16-12-11-14(13-21)20-18(16)19(24)15-9-7-8-10-17(15)25-20/h7-12H,4-6,13,21H2,1-3H3. The van der Waals surface area contributed by atoms with E-state index in [2.05, 4.69) is 42.9 Å². The molecule has 0 aliphatic heterocycles. The molecule has 3 aromatic rings. The van der Waals surface area contributed by atoms with E-state index in [0.717, 1.165) is 51.1 Å². The predicted molar refractivity (Wildman–Crippen MR) is 109 cm³/mol. The van der Waals surface area contributed by atoms with Crippen molar-refractivity contribution in [3.63, 3.8) is 0 Å². The van der Waals surface area contributed by atoms with Crippen molar-refractivity contribution in [3.05, 3.63) is 52.2 Å². The van der Waals surface area contributed by atoms with Gasteiger partial charge >= 0.3 is 0 Å². The first-order valence-corrected chi connectivity index (χ1v) is 9.67. The Morgan fingerprint density at radius 2 is 1.72 bits per heavy atom. The van der Waals surface area contributed by atoms with E-state index in [0.29, 0.717) is 6.54 Å². The molecule has 0 spiro atoms. The number of anilines is 1. The summed E-state index contributed by atoms with van der Waals surface area (Å²) in [5, 5.41) is 6.05. The molecule has 5 heteroatoms. The van der Waals surface area contributed by atoms with Crippen LogP contribution in [0.1, 0.15) is 26.3 Å².